The molecule has 1 fully saturated rings. The molecule has 1 saturated heterocycles. The predicted octanol–water partition coefficient (Wildman–Crippen LogP) is 5.26. The van der Waals surface area contributed by atoms with Gasteiger partial charge >= 0.3 is 0 Å². The highest BCUT2D eigenvalue weighted by molar-refractivity contribution is 5.97. The molecule has 0 radical (unpaired) electrons. The van der Waals surface area contributed by atoms with E-state index in [1.807, 2.05) is 59.5 Å². The van der Waals surface area contributed by atoms with E-state index in [2.05, 4.69) is 30.5 Å². The molecule has 4 aromatic rings. The van der Waals surface area contributed by atoms with Gasteiger partial charge in [-0.2, -0.15) is 0 Å². The number of benzene rings is 3. The third-order valence-corrected chi connectivity index (χ3v) is 6.68. The Labute approximate surface area is 199 Å². The van der Waals surface area contributed by atoms with Crippen LogP contribution in [0.5, 0.6) is 11.5 Å². The van der Waals surface area contributed by atoms with Gasteiger partial charge in [0.25, 0.3) is 0 Å². The van der Waals surface area contributed by atoms with Gasteiger partial charge in [-0.3, -0.25) is 4.79 Å². The lowest BCUT2D eigenvalue weighted by Crippen LogP contribution is -2.25. The maximum Gasteiger partial charge on any atom is 0.227 e. The number of fused-ring (bicyclic) bond motifs is 1. The van der Waals surface area contributed by atoms with Crippen LogP contribution in [-0.2, 0) is 11.3 Å². The number of rotatable bonds is 7. The molecule has 6 nitrogen and oxygen atoms in total. The molecule has 34 heavy (non-hydrogen) atoms. The zero-order valence-electron chi connectivity index (χ0n) is 19.8. The molecule has 1 aliphatic rings. The number of aryl methyl sites for hydroxylation is 1. The predicted molar refractivity (Wildman–Crippen MR) is 134 cm³/mol. The Hall–Kier alpha value is -3.80. The zero-order chi connectivity index (χ0) is 23.7. The van der Waals surface area contributed by atoms with Crippen LogP contribution in [0.2, 0.25) is 0 Å². The molecule has 0 saturated carbocycles. The molecule has 174 valence electrons. The van der Waals surface area contributed by atoms with Crippen LogP contribution in [-0.4, -0.2) is 35.7 Å². The molecule has 0 spiro atoms. The monoisotopic (exact) mass is 455 g/mol. The van der Waals surface area contributed by atoms with Crippen molar-refractivity contribution in [3.8, 4) is 11.5 Å². The molecule has 2 heterocycles. The Kier molecular flexibility index (Phi) is 5.97. The van der Waals surface area contributed by atoms with Crippen molar-refractivity contribution in [1.82, 2.24) is 9.55 Å². The number of para-hydroxylation sites is 2. The maximum atomic E-state index is 13.1. The fourth-order valence-corrected chi connectivity index (χ4v) is 4.71. The van der Waals surface area contributed by atoms with Gasteiger partial charge in [0.1, 0.15) is 23.9 Å². The number of hydrogen-bond acceptors (Lipinski definition) is 4. The highest BCUT2D eigenvalue weighted by atomic mass is 16.5. The Bertz CT molecular complexity index is 1330. The van der Waals surface area contributed by atoms with Crippen LogP contribution in [0.1, 0.15) is 29.3 Å². The van der Waals surface area contributed by atoms with Crippen molar-refractivity contribution >= 4 is 22.6 Å². The van der Waals surface area contributed by atoms with Crippen LogP contribution in [0.25, 0.3) is 11.0 Å². The van der Waals surface area contributed by atoms with E-state index in [9.17, 15) is 4.79 Å². The number of nitrogens with zero attached hydrogens (tertiary/aromatic N) is 3. The first-order valence-corrected chi connectivity index (χ1v) is 11.6. The first kappa shape index (κ1) is 22.0. The summed E-state index contributed by atoms with van der Waals surface area (Å²) in [6, 6.07) is 21.9. The summed E-state index contributed by atoms with van der Waals surface area (Å²) in [5.74, 6) is 2.71. The standard InChI is InChI=1S/C28H29N3O3/c1-19-7-6-10-25(20(19)2)31-18-21(17-27(31)32)28-29-24-8-4-5-9-26(24)30(28)15-16-34-23-13-11-22(33-3)12-14-23/h4-14,21H,15-18H2,1-3H3/t21-/m1/s1. The summed E-state index contributed by atoms with van der Waals surface area (Å²) in [4.78, 5) is 19.9. The minimum atomic E-state index is 0.0285. The van der Waals surface area contributed by atoms with Gasteiger partial charge in [-0.15, -0.1) is 0 Å². The number of aromatic nitrogens is 2. The van der Waals surface area contributed by atoms with Gasteiger partial charge in [-0.25, -0.2) is 4.98 Å². The van der Waals surface area contributed by atoms with Crippen molar-refractivity contribution in [1.29, 1.82) is 0 Å². The number of methoxy groups -OCH3 is 1. The number of ether oxygens (including phenoxy) is 2. The number of carbonyl (C=O) groups is 1. The molecule has 1 aliphatic heterocycles. The van der Waals surface area contributed by atoms with Crippen molar-refractivity contribution in [2.24, 2.45) is 0 Å². The highest BCUT2D eigenvalue weighted by Crippen LogP contribution is 2.35. The molecule has 3 aromatic carbocycles. The number of imidazole rings is 1. The summed E-state index contributed by atoms with van der Waals surface area (Å²) in [5, 5.41) is 0. The SMILES string of the molecule is COc1ccc(OCCn2c([C@@H]3CC(=O)N(c4cccc(C)c4C)C3)nc3ccccc32)cc1. The van der Waals surface area contributed by atoms with Crippen LogP contribution >= 0.6 is 0 Å². The largest absolute Gasteiger partial charge is 0.497 e. The quantitative estimate of drug-likeness (QED) is 0.381. The first-order valence-electron chi connectivity index (χ1n) is 11.6. The molecular formula is C28H29N3O3. The first-order chi connectivity index (χ1) is 16.5. The number of anilines is 1. The van der Waals surface area contributed by atoms with E-state index in [1.54, 1.807) is 7.11 Å². The van der Waals surface area contributed by atoms with Gasteiger partial charge in [0.05, 0.1) is 24.7 Å². The third-order valence-electron chi connectivity index (χ3n) is 6.68. The summed E-state index contributed by atoms with van der Waals surface area (Å²) in [7, 11) is 1.65. The number of hydrogen-bond donors (Lipinski definition) is 0. The zero-order valence-corrected chi connectivity index (χ0v) is 19.8. The number of amides is 1. The lowest BCUT2D eigenvalue weighted by molar-refractivity contribution is -0.117. The van der Waals surface area contributed by atoms with Gasteiger partial charge in [-0.1, -0.05) is 24.3 Å². The van der Waals surface area contributed by atoms with Crippen molar-refractivity contribution in [3.05, 3.63) is 83.7 Å². The Morgan fingerprint density at radius 3 is 2.53 bits per heavy atom. The van der Waals surface area contributed by atoms with Crippen molar-refractivity contribution in [2.45, 2.75) is 32.7 Å². The molecule has 1 atom stereocenters. The maximum absolute atomic E-state index is 13.1. The van der Waals surface area contributed by atoms with Crippen molar-refractivity contribution in [2.75, 3.05) is 25.2 Å². The second-order valence-corrected chi connectivity index (χ2v) is 8.76. The minimum absolute atomic E-state index is 0.0285. The van der Waals surface area contributed by atoms with Gasteiger partial charge in [0.15, 0.2) is 0 Å². The van der Waals surface area contributed by atoms with E-state index in [1.165, 1.54) is 5.56 Å². The van der Waals surface area contributed by atoms with Crippen LogP contribution < -0.4 is 14.4 Å². The molecule has 6 heteroatoms. The van der Waals surface area contributed by atoms with Gasteiger partial charge < -0.3 is 18.9 Å². The van der Waals surface area contributed by atoms with Crippen LogP contribution in [0.3, 0.4) is 0 Å². The lowest BCUT2D eigenvalue weighted by Gasteiger charge is -2.20. The second-order valence-electron chi connectivity index (χ2n) is 8.76. The van der Waals surface area contributed by atoms with Crippen molar-refractivity contribution < 1.29 is 14.3 Å². The second kappa shape index (κ2) is 9.21. The average Bonchev–Trinajstić information content (AvgIpc) is 3.42. The molecular weight excluding hydrogens is 426 g/mol. The fourth-order valence-electron chi connectivity index (χ4n) is 4.71. The van der Waals surface area contributed by atoms with Gasteiger partial charge in [-0.05, 0) is 67.4 Å². The average molecular weight is 456 g/mol. The van der Waals surface area contributed by atoms with Crippen molar-refractivity contribution in [3.63, 3.8) is 0 Å². The van der Waals surface area contributed by atoms with Crippen LogP contribution in [0, 0.1) is 13.8 Å². The lowest BCUT2D eigenvalue weighted by atomic mass is 10.1. The van der Waals surface area contributed by atoms with E-state index < -0.39 is 0 Å². The molecule has 0 N–H and O–H groups in total. The van der Waals surface area contributed by atoms with Crippen LogP contribution in [0.4, 0.5) is 5.69 Å². The van der Waals surface area contributed by atoms with Gasteiger partial charge in [0.2, 0.25) is 5.91 Å². The molecule has 1 aromatic heterocycles. The summed E-state index contributed by atoms with van der Waals surface area (Å²) in [6.45, 7) is 5.94. The smallest absolute Gasteiger partial charge is 0.227 e. The van der Waals surface area contributed by atoms with E-state index in [4.69, 9.17) is 14.5 Å². The normalized spacial score (nSPS) is 15.8. The topological polar surface area (TPSA) is 56.6 Å². The summed E-state index contributed by atoms with van der Waals surface area (Å²) in [5.41, 5.74) is 5.35. The van der Waals surface area contributed by atoms with Gasteiger partial charge in [0, 0.05) is 24.6 Å². The van der Waals surface area contributed by atoms with E-state index in [0.29, 0.717) is 26.1 Å². The van der Waals surface area contributed by atoms with E-state index in [0.717, 1.165) is 39.6 Å². The molecule has 0 aliphatic carbocycles. The molecule has 0 unspecified atom stereocenters. The summed E-state index contributed by atoms with van der Waals surface area (Å²) in [6.07, 6.45) is 0.454. The van der Waals surface area contributed by atoms with Crippen LogP contribution in [0.15, 0.2) is 66.7 Å². The van der Waals surface area contributed by atoms with E-state index >= 15 is 0 Å². The number of carbonyl (C=O) groups excluding carboxylic acids is 1. The molecule has 5 rings (SSSR count). The summed E-state index contributed by atoms with van der Waals surface area (Å²) < 4.78 is 13.4. The minimum Gasteiger partial charge on any atom is -0.497 e. The molecule has 1 amide bonds. The Balaban J connectivity index is 1.39. The highest BCUT2D eigenvalue weighted by Gasteiger charge is 2.35. The van der Waals surface area contributed by atoms with E-state index in [-0.39, 0.29) is 11.8 Å². The summed E-state index contributed by atoms with van der Waals surface area (Å²) >= 11 is 0. The fraction of sp³-hybridized carbons (Fsp3) is 0.286. The Morgan fingerprint density at radius 1 is 0.971 bits per heavy atom. The Morgan fingerprint density at radius 2 is 1.74 bits per heavy atom. The third kappa shape index (κ3) is 4.12. The molecule has 0 bridgehead atoms.